The fourth-order valence-electron chi connectivity index (χ4n) is 1.25. The predicted octanol–water partition coefficient (Wildman–Crippen LogP) is 0.757. The van der Waals surface area contributed by atoms with Crippen molar-refractivity contribution in [1.29, 1.82) is 0 Å². The van der Waals surface area contributed by atoms with E-state index < -0.39 is 0 Å². The van der Waals surface area contributed by atoms with Crippen LogP contribution >= 0.6 is 0 Å². The molecular formula is C6H11N. The van der Waals surface area contributed by atoms with Gasteiger partial charge in [-0.1, -0.05) is 0 Å². The van der Waals surface area contributed by atoms with Crippen LogP contribution in [0.4, 0.5) is 0 Å². The number of rotatable bonds is 1. The molecule has 1 saturated carbocycles. The largest absolute Gasteiger partial charge is 0.308 e. The maximum absolute atomic E-state index is 3.39. The average Bonchev–Trinajstić information content (AvgIpc) is 2.23. The zero-order valence-corrected chi connectivity index (χ0v) is 4.65. The summed E-state index contributed by atoms with van der Waals surface area (Å²) in [4.78, 5) is 0. The van der Waals surface area contributed by atoms with Gasteiger partial charge in [0.2, 0.25) is 0 Å². The first-order valence-corrected chi connectivity index (χ1v) is 3.14. The van der Waals surface area contributed by atoms with Gasteiger partial charge < -0.3 is 5.32 Å². The van der Waals surface area contributed by atoms with E-state index in [0.717, 1.165) is 18.0 Å². The molecule has 0 spiro atoms. The fraction of sp³-hybridized carbons (Fsp3) is 1.00. The lowest BCUT2D eigenvalue weighted by atomic mass is 10.2. The zero-order valence-electron chi connectivity index (χ0n) is 4.65. The third-order valence-corrected chi connectivity index (χ3v) is 2.01. The van der Waals surface area contributed by atoms with E-state index in [2.05, 4.69) is 12.2 Å². The average molecular weight is 97.2 g/mol. The molecule has 1 aliphatic carbocycles. The van der Waals surface area contributed by atoms with E-state index in [1.807, 2.05) is 0 Å². The van der Waals surface area contributed by atoms with Crippen LogP contribution in [-0.2, 0) is 0 Å². The summed E-state index contributed by atoms with van der Waals surface area (Å²) < 4.78 is 0. The van der Waals surface area contributed by atoms with Crippen molar-refractivity contribution in [2.24, 2.45) is 5.92 Å². The Balaban J connectivity index is 1.88. The summed E-state index contributed by atoms with van der Waals surface area (Å²) in [5.74, 6) is 1.08. The Kier molecular flexibility index (Phi) is 0.571. The van der Waals surface area contributed by atoms with Crippen LogP contribution in [0.1, 0.15) is 19.8 Å². The van der Waals surface area contributed by atoms with E-state index in [1.54, 1.807) is 0 Å². The van der Waals surface area contributed by atoms with Gasteiger partial charge in [0.25, 0.3) is 0 Å². The van der Waals surface area contributed by atoms with Gasteiger partial charge in [0.1, 0.15) is 0 Å². The van der Waals surface area contributed by atoms with Crippen LogP contribution in [-0.4, -0.2) is 12.1 Å². The van der Waals surface area contributed by atoms with E-state index in [0.29, 0.717) is 0 Å². The van der Waals surface area contributed by atoms with Crippen LogP contribution in [0.15, 0.2) is 0 Å². The molecule has 0 aromatic carbocycles. The first-order valence-electron chi connectivity index (χ1n) is 3.14. The van der Waals surface area contributed by atoms with E-state index in [1.165, 1.54) is 12.8 Å². The minimum absolute atomic E-state index is 0.854. The number of nitrogens with one attached hydrogen (secondary N) is 1. The highest BCUT2D eigenvalue weighted by Gasteiger charge is 2.43. The van der Waals surface area contributed by atoms with Crippen molar-refractivity contribution in [1.82, 2.24) is 5.32 Å². The van der Waals surface area contributed by atoms with Crippen molar-refractivity contribution < 1.29 is 0 Å². The van der Waals surface area contributed by atoms with Crippen molar-refractivity contribution in [2.75, 3.05) is 0 Å². The summed E-state index contributed by atoms with van der Waals surface area (Å²) in [7, 11) is 0. The quantitative estimate of drug-likeness (QED) is 0.479. The molecule has 1 heterocycles. The van der Waals surface area contributed by atoms with E-state index in [4.69, 9.17) is 0 Å². The molecule has 2 aliphatic rings. The van der Waals surface area contributed by atoms with E-state index in [9.17, 15) is 0 Å². The van der Waals surface area contributed by atoms with Crippen molar-refractivity contribution in [3.63, 3.8) is 0 Å². The molecule has 1 unspecified atom stereocenters. The lowest BCUT2D eigenvalue weighted by Gasteiger charge is -1.79. The van der Waals surface area contributed by atoms with Crippen molar-refractivity contribution >= 4 is 0 Å². The summed E-state index contributed by atoms with van der Waals surface area (Å²) in [6.45, 7) is 2.27. The van der Waals surface area contributed by atoms with Crippen molar-refractivity contribution in [3.8, 4) is 0 Å². The Morgan fingerprint density at radius 1 is 1.43 bits per heavy atom. The normalized spacial score (nSPS) is 49.3. The van der Waals surface area contributed by atoms with Crippen LogP contribution in [0, 0.1) is 5.92 Å². The topological polar surface area (TPSA) is 21.9 Å². The summed E-state index contributed by atoms with van der Waals surface area (Å²) >= 11 is 0. The second-order valence-electron chi connectivity index (χ2n) is 2.82. The monoisotopic (exact) mass is 97.1 g/mol. The van der Waals surface area contributed by atoms with E-state index >= 15 is 0 Å². The van der Waals surface area contributed by atoms with Crippen LogP contribution in [0.5, 0.6) is 0 Å². The van der Waals surface area contributed by atoms with Crippen LogP contribution in [0.3, 0.4) is 0 Å². The Morgan fingerprint density at radius 2 is 2.00 bits per heavy atom. The second-order valence-corrected chi connectivity index (χ2v) is 2.82. The highest BCUT2D eigenvalue weighted by atomic mass is 15.2. The molecule has 1 nitrogen and oxygen atoms in total. The van der Waals surface area contributed by atoms with Crippen LogP contribution in [0.25, 0.3) is 0 Å². The van der Waals surface area contributed by atoms with Crippen LogP contribution < -0.4 is 5.32 Å². The molecule has 0 amide bonds. The summed E-state index contributed by atoms with van der Waals surface area (Å²) in [6, 6.07) is 1.78. The molecule has 2 rings (SSSR count). The minimum Gasteiger partial charge on any atom is -0.308 e. The zero-order chi connectivity index (χ0) is 4.85. The molecule has 0 aromatic rings. The van der Waals surface area contributed by atoms with Crippen LogP contribution in [0.2, 0.25) is 0 Å². The summed E-state index contributed by atoms with van der Waals surface area (Å²) in [6.07, 6.45) is 2.98. The molecule has 40 valence electrons. The highest BCUT2D eigenvalue weighted by Crippen LogP contribution is 2.39. The van der Waals surface area contributed by atoms with Gasteiger partial charge >= 0.3 is 0 Å². The molecule has 0 radical (unpaired) electrons. The molecule has 2 atom stereocenters. The molecule has 1 saturated heterocycles. The lowest BCUT2D eigenvalue weighted by molar-refractivity contribution is 0.788. The second kappa shape index (κ2) is 1.03. The van der Waals surface area contributed by atoms with Crippen molar-refractivity contribution in [3.05, 3.63) is 0 Å². The fourth-order valence-corrected chi connectivity index (χ4v) is 1.25. The SMILES string of the molecule is C[C@@H]1NC1C1CC1. The summed E-state index contributed by atoms with van der Waals surface area (Å²) in [5, 5.41) is 3.39. The molecule has 0 bridgehead atoms. The third kappa shape index (κ3) is 0.556. The number of hydrogen-bond donors (Lipinski definition) is 1. The Hall–Kier alpha value is -0.0400. The molecule has 1 N–H and O–H groups in total. The molecule has 0 aromatic heterocycles. The van der Waals surface area contributed by atoms with Gasteiger partial charge in [0.15, 0.2) is 0 Å². The Morgan fingerprint density at radius 3 is 2.14 bits per heavy atom. The van der Waals surface area contributed by atoms with Gasteiger partial charge in [-0.3, -0.25) is 0 Å². The molecule has 7 heavy (non-hydrogen) atoms. The smallest absolute Gasteiger partial charge is 0.0249 e. The van der Waals surface area contributed by atoms with Gasteiger partial charge in [0, 0.05) is 12.1 Å². The Labute approximate surface area is 44.1 Å². The molecular weight excluding hydrogens is 86.1 g/mol. The minimum atomic E-state index is 0.854. The third-order valence-electron chi connectivity index (χ3n) is 2.01. The maximum atomic E-state index is 3.39. The van der Waals surface area contributed by atoms with Gasteiger partial charge in [-0.25, -0.2) is 0 Å². The van der Waals surface area contributed by atoms with Gasteiger partial charge in [0.05, 0.1) is 0 Å². The summed E-state index contributed by atoms with van der Waals surface area (Å²) in [5.41, 5.74) is 0. The lowest BCUT2D eigenvalue weighted by Crippen LogP contribution is -1.91. The van der Waals surface area contributed by atoms with Gasteiger partial charge in [-0.15, -0.1) is 0 Å². The van der Waals surface area contributed by atoms with E-state index in [-0.39, 0.29) is 0 Å². The molecule has 1 aliphatic heterocycles. The molecule has 1 heteroatoms. The Bertz CT molecular complexity index is 86.2. The van der Waals surface area contributed by atoms with Crippen molar-refractivity contribution in [2.45, 2.75) is 31.8 Å². The highest BCUT2D eigenvalue weighted by molar-refractivity contribution is 5.03. The number of hydrogen-bond acceptors (Lipinski definition) is 1. The predicted molar refractivity (Wildman–Crippen MR) is 29.1 cm³/mol. The first kappa shape index (κ1) is 3.90. The maximum Gasteiger partial charge on any atom is 0.0249 e. The molecule has 2 fully saturated rings. The van der Waals surface area contributed by atoms with Gasteiger partial charge in [-0.2, -0.15) is 0 Å². The van der Waals surface area contributed by atoms with Gasteiger partial charge in [-0.05, 0) is 25.7 Å². The standard InChI is InChI=1S/C6H11N/c1-4-6(7-4)5-2-3-5/h4-7H,2-3H2,1H3/t4-,6?/m0/s1. The first-order chi connectivity index (χ1) is 3.38.